The van der Waals surface area contributed by atoms with E-state index in [-0.39, 0.29) is 0 Å². The zero-order valence-electron chi connectivity index (χ0n) is 16.5. The van der Waals surface area contributed by atoms with Gasteiger partial charge in [-0.25, -0.2) is 9.67 Å². The molecule has 0 amide bonds. The van der Waals surface area contributed by atoms with E-state index in [1.54, 1.807) is 4.68 Å². The van der Waals surface area contributed by atoms with Gasteiger partial charge in [0.1, 0.15) is 5.75 Å². The van der Waals surface area contributed by atoms with Gasteiger partial charge in [0.15, 0.2) is 0 Å². The molecule has 0 unspecified atom stereocenters. The first-order valence-electron chi connectivity index (χ1n) is 9.55. The number of hydrogen-bond acceptors (Lipinski definition) is 4. The van der Waals surface area contributed by atoms with Crippen LogP contribution in [0.25, 0.3) is 5.69 Å². The van der Waals surface area contributed by atoms with Gasteiger partial charge in [0, 0.05) is 30.4 Å². The average molecular weight is 411 g/mol. The Labute approximate surface area is 175 Å². The minimum atomic E-state index is 0.534. The number of benzene rings is 2. The number of nitrogens with zero attached hydrogens (tertiary/aromatic N) is 4. The lowest BCUT2D eigenvalue weighted by Gasteiger charge is -2.24. The van der Waals surface area contributed by atoms with Crippen molar-refractivity contribution in [3.8, 4) is 17.3 Å². The summed E-state index contributed by atoms with van der Waals surface area (Å²) in [5, 5.41) is 5.19. The summed E-state index contributed by atoms with van der Waals surface area (Å²) in [4.78, 5) is 6.82. The van der Waals surface area contributed by atoms with Crippen LogP contribution < -0.4 is 4.74 Å². The van der Waals surface area contributed by atoms with E-state index in [1.165, 1.54) is 0 Å². The molecule has 0 radical (unpaired) electrons. The highest BCUT2D eigenvalue weighted by atomic mass is 35.5. The molecule has 2 aromatic carbocycles. The SMILES string of the molecule is Cc1cc(Oc2ccn(-c3ccc(Cl)cc3)n2)c(C)cc1/N=C/N1CCOCC1. The Kier molecular flexibility index (Phi) is 5.83. The normalized spacial score (nSPS) is 14.5. The minimum Gasteiger partial charge on any atom is -0.437 e. The molecule has 1 aliphatic rings. The lowest BCUT2D eigenvalue weighted by atomic mass is 10.1. The summed E-state index contributed by atoms with van der Waals surface area (Å²) in [5.41, 5.74) is 3.91. The fourth-order valence-electron chi connectivity index (χ4n) is 3.07. The molecule has 0 atom stereocenters. The molecule has 0 saturated carbocycles. The van der Waals surface area contributed by atoms with Crippen LogP contribution >= 0.6 is 11.6 Å². The molecular formula is C22H23ClN4O2. The number of rotatable bonds is 5. The van der Waals surface area contributed by atoms with Gasteiger partial charge in [-0.15, -0.1) is 5.10 Å². The van der Waals surface area contributed by atoms with Crippen molar-refractivity contribution >= 4 is 23.6 Å². The second kappa shape index (κ2) is 8.68. The fraction of sp³-hybridized carbons (Fsp3) is 0.273. The van der Waals surface area contributed by atoms with Gasteiger partial charge in [-0.3, -0.25) is 0 Å². The Morgan fingerprint density at radius 2 is 1.83 bits per heavy atom. The van der Waals surface area contributed by atoms with E-state index < -0.39 is 0 Å². The first kappa shape index (κ1) is 19.5. The van der Waals surface area contributed by atoms with Gasteiger partial charge >= 0.3 is 0 Å². The predicted octanol–water partition coefficient (Wildman–Crippen LogP) is 4.93. The molecule has 1 fully saturated rings. The Morgan fingerprint density at radius 1 is 1.07 bits per heavy atom. The highest BCUT2D eigenvalue weighted by molar-refractivity contribution is 6.30. The maximum Gasteiger partial charge on any atom is 0.238 e. The Hall–Kier alpha value is -2.83. The van der Waals surface area contributed by atoms with E-state index in [9.17, 15) is 0 Å². The molecule has 29 heavy (non-hydrogen) atoms. The predicted molar refractivity (Wildman–Crippen MR) is 115 cm³/mol. The van der Waals surface area contributed by atoms with Gasteiger partial charge in [-0.1, -0.05) is 11.6 Å². The fourth-order valence-corrected chi connectivity index (χ4v) is 3.20. The van der Waals surface area contributed by atoms with E-state index in [0.717, 1.165) is 54.6 Å². The molecule has 7 heteroatoms. The van der Waals surface area contributed by atoms with E-state index >= 15 is 0 Å². The number of hydrogen-bond donors (Lipinski definition) is 0. The van der Waals surface area contributed by atoms with Gasteiger partial charge in [0.25, 0.3) is 0 Å². The zero-order valence-corrected chi connectivity index (χ0v) is 17.3. The molecule has 1 aromatic heterocycles. The number of aryl methyl sites for hydroxylation is 2. The number of aromatic nitrogens is 2. The van der Waals surface area contributed by atoms with Gasteiger partial charge in [0.05, 0.1) is 30.9 Å². The Bertz CT molecular complexity index is 1010. The van der Waals surface area contributed by atoms with Gasteiger partial charge in [0.2, 0.25) is 5.88 Å². The maximum atomic E-state index is 6.03. The summed E-state index contributed by atoms with van der Waals surface area (Å²) in [6.45, 7) is 7.29. The Morgan fingerprint density at radius 3 is 2.59 bits per heavy atom. The van der Waals surface area contributed by atoms with Crippen molar-refractivity contribution < 1.29 is 9.47 Å². The molecule has 4 rings (SSSR count). The molecule has 3 aromatic rings. The monoisotopic (exact) mass is 410 g/mol. The van der Waals surface area contributed by atoms with E-state index in [1.807, 2.05) is 68.8 Å². The smallest absolute Gasteiger partial charge is 0.238 e. The van der Waals surface area contributed by atoms with Crippen LogP contribution in [0.3, 0.4) is 0 Å². The van der Waals surface area contributed by atoms with Crippen molar-refractivity contribution in [2.24, 2.45) is 4.99 Å². The summed E-state index contributed by atoms with van der Waals surface area (Å²) >= 11 is 5.95. The second-order valence-corrected chi connectivity index (χ2v) is 7.41. The standard InChI is InChI=1S/C22H23ClN4O2/c1-16-14-21(17(2)13-20(16)24-15-26-9-11-28-12-10-26)29-22-7-8-27(25-22)19-5-3-18(23)4-6-19/h3-8,13-15H,9-12H2,1-2H3/b24-15+. The lowest BCUT2D eigenvalue weighted by molar-refractivity contribution is 0.0701. The molecule has 2 heterocycles. The molecular weight excluding hydrogens is 388 g/mol. The minimum absolute atomic E-state index is 0.534. The van der Waals surface area contributed by atoms with Crippen LogP contribution in [0.1, 0.15) is 11.1 Å². The topological polar surface area (TPSA) is 51.9 Å². The van der Waals surface area contributed by atoms with Gasteiger partial charge in [-0.2, -0.15) is 0 Å². The molecule has 0 aliphatic carbocycles. The Balaban J connectivity index is 1.48. The van der Waals surface area contributed by atoms with Crippen LogP contribution in [-0.4, -0.2) is 47.3 Å². The summed E-state index contributed by atoms with van der Waals surface area (Å²) in [6.07, 6.45) is 3.76. The van der Waals surface area contributed by atoms with Crippen LogP contribution in [0.2, 0.25) is 5.02 Å². The number of aliphatic imine (C=N–C) groups is 1. The third kappa shape index (κ3) is 4.78. The van der Waals surface area contributed by atoms with Crippen LogP contribution in [0.15, 0.2) is 53.7 Å². The largest absolute Gasteiger partial charge is 0.437 e. The average Bonchev–Trinajstić information content (AvgIpc) is 3.19. The van der Waals surface area contributed by atoms with E-state index in [4.69, 9.17) is 21.1 Å². The molecule has 0 bridgehead atoms. The van der Waals surface area contributed by atoms with Crippen molar-refractivity contribution in [3.63, 3.8) is 0 Å². The molecule has 1 saturated heterocycles. The van der Waals surface area contributed by atoms with Crippen molar-refractivity contribution in [3.05, 3.63) is 64.8 Å². The molecule has 6 nitrogen and oxygen atoms in total. The molecule has 0 spiro atoms. The summed E-state index contributed by atoms with van der Waals surface area (Å²) < 4.78 is 13.2. The van der Waals surface area contributed by atoms with Crippen molar-refractivity contribution in [1.29, 1.82) is 0 Å². The maximum absolute atomic E-state index is 6.03. The summed E-state index contributed by atoms with van der Waals surface area (Å²) in [6, 6.07) is 13.4. The van der Waals surface area contributed by atoms with Crippen LogP contribution in [0.5, 0.6) is 11.6 Å². The summed E-state index contributed by atoms with van der Waals surface area (Å²) in [5.74, 6) is 1.31. The van der Waals surface area contributed by atoms with Crippen molar-refractivity contribution in [1.82, 2.24) is 14.7 Å². The van der Waals surface area contributed by atoms with E-state index in [0.29, 0.717) is 10.9 Å². The lowest BCUT2D eigenvalue weighted by Crippen LogP contribution is -2.35. The third-order valence-corrected chi connectivity index (χ3v) is 5.02. The van der Waals surface area contributed by atoms with Gasteiger partial charge in [-0.05, 0) is 61.4 Å². The molecule has 1 aliphatic heterocycles. The molecule has 150 valence electrons. The number of morpholine rings is 1. The molecule has 0 N–H and O–H groups in total. The highest BCUT2D eigenvalue weighted by Crippen LogP contribution is 2.31. The third-order valence-electron chi connectivity index (χ3n) is 4.77. The van der Waals surface area contributed by atoms with Gasteiger partial charge < -0.3 is 14.4 Å². The van der Waals surface area contributed by atoms with E-state index in [2.05, 4.69) is 15.0 Å². The number of ether oxygens (including phenoxy) is 2. The highest BCUT2D eigenvalue weighted by Gasteiger charge is 2.10. The quantitative estimate of drug-likeness (QED) is 0.442. The second-order valence-electron chi connectivity index (χ2n) is 6.97. The van der Waals surface area contributed by atoms with Crippen LogP contribution in [-0.2, 0) is 4.74 Å². The van der Waals surface area contributed by atoms with Crippen molar-refractivity contribution in [2.75, 3.05) is 26.3 Å². The van der Waals surface area contributed by atoms with Crippen molar-refractivity contribution in [2.45, 2.75) is 13.8 Å². The first-order chi connectivity index (χ1) is 14.1. The van der Waals surface area contributed by atoms with Crippen LogP contribution in [0, 0.1) is 13.8 Å². The van der Waals surface area contributed by atoms with Crippen LogP contribution in [0.4, 0.5) is 5.69 Å². The zero-order chi connectivity index (χ0) is 20.2. The summed E-state index contributed by atoms with van der Waals surface area (Å²) in [7, 11) is 0. The number of halogens is 1. The first-order valence-corrected chi connectivity index (χ1v) is 9.93.